The maximum Gasteiger partial charge on any atom is 0.222 e. The van der Waals surface area contributed by atoms with Crippen molar-refractivity contribution in [1.82, 2.24) is 0 Å². The first-order valence-corrected chi connectivity index (χ1v) is 6.34. The number of para-hydroxylation sites is 1. The summed E-state index contributed by atoms with van der Waals surface area (Å²) in [4.78, 5) is 0. The second-order valence-electron chi connectivity index (χ2n) is 3.39. The zero-order valence-corrected chi connectivity index (χ0v) is 10.4. The van der Waals surface area contributed by atoms with Crippen LogP contribution < -0.4 is 4.72 Å². The molecule has 1 N–H and O–H groups in total. The smallest absolute Gasteiger partial charge is 0.222 e. The van der Waals surface area contributed by atoms with Crippen molar-refractivity contribution in [3.05, 3.63) is 66.2 Å². The molecule has 4 heteroatoms. The van der Waals surface area contributed by atoms with Crippen LogP contribution in [0, 0.1) is 6.92 Å². The van der Waals surface area contributed by atoms with Gasteiger partial charge in [0.2, 0.25) is 10.9 Å². The lowest BCUT2D eigenvalue weighted by atomic mass is 10.2. The first-order chi connectivity index (χ1) is 8.18. The highest BCUT2D eigenvalue weighted by atomic mass is 32.2. The lowest BCUT2D eigenvalue weighted by Crippen LogP contribution is -1.93. The minimum atomic E-state index is -2.53. The van der Waals surface area contributed by atoms with E-state index in [0.29, 0.717) is 5.69 Å². The van der Waals surface area contributed by atoms with Gasteiger partial charge in [0.1, 0.15) is 0 Å². The van der Waals surface area contributed by atoms with Gasteiger partial charge in [-0.3, -0.25) is 4.72 Å². The largest absolute Gasteiger partial charge is 0.286 e. The third-order valence-corrected chi connectivity index (χ3v) is 2.38. The van der Waals surface area contributed by atoms with Crippen LogP contribution in [-0.2, 0) is 10.9 Å². The van der Waals surface area contributed by atoms with Crippen LogP contribution in [0.3, 0.4) is 0 Å². The third-order valence-electron chi connectivity index (χ3n) is 1.93. The molecule has 0 aliphatic rings. The Kier molecular flexibility index (Phi) is 5.82. The van der Waals surface area contributed by atoms with E-state index in [-0.39, 0.29) is 0 Å². The molecule has 17 heavy (non-hydrogen) atoms. The highest BCUT2D eigenvalue weighted by Crippen LogP contribution is 2.03. The molecule has 0 aliphatic heterocycles. The Hall–Kier alpha value is -1.81. The van der Waals surface area contributed by atoms with Gasteiger partial charge in [0.05, 0.1) is 0 Å². The SMILES string of the molecule is Cc1ccccc1.O=[SH](=O)Nc1ccccc1. The van der Waals surface area contributed by atoms with Crippen molar-refractivity contribution in [2.75, 3.05) is 4.72 Å². The molecule has 2 rings (SSSR count). The number of rotatable bonds is 2. The van der Waals surface area contributed by atoms with Crippen molar-refractivity contribution in [3.63, 3.8) is 0 Å². The van der Waals surface area contributed by atoms with Crippen LogP contribution >= 0.6 is 0 Å². The van der Waals surface area contributed by atoms with E-state index in [1.165, 1.54) is 5.56 Å². The van der Waals surface area contributed by atoms with Gasteiger partial charge in [0.25, 0.3) is 0 Å². The molecule has 3 nitrogen and oxygen atoms in total. The number of hydrogen-bond donors (Lipinski definition) is 2. The fourth-order valence-corrected chi connectivity index (χ4v) is 1.51. The second kappa shape index (κ2) is 7.46. The third kappa shape index (κ3) is 6.37. The van der Waals surface area contributed by atoms with E-state index < -0.39 is 10.9 Å². The zero-order valence-electron chi connectivity index (χ0n) is 9.54. The van der Waals surface area contributed by atoms with Crippen molar-refractivity contribution >= 4 is 16.6 Å². The summed E-state index contributed by atoms with van der Waals surface area (Å²) in [5.74, 6) is 0. The van der Waals surface area contributed by atoms with Crippen LogP contribution in [0.15, 0.2) is 60.7 Å². The predicted molar refractivity (Wildman–Crippen MR) is 71.6 cm³/mol. The molecule has 0 saturated carbocycles. The predicted octanol–water partition coefficient (Wildman–Crippen LogP) is 2.62. The lowest BCUT2D eigenvalue weighted by Gasteiger charge is -1.94. The molecule has 90 valence electrons. The molecular formula is C13H15NO2S. The van der Waals surface area contributed by atoms with E-state index >= 15 is 0 Å². The number of thiol groups is 1. The Labute approximate surface area is 103 Å². The van der Waals surface area contributed by atoms with Gasteiger partial charge in [0, 0.05) is 5.69 Å². The standard InChI is InChI=1S/C7H8.C6H7NO2S/c1-7-5-3-2-4-6-7;8-10(9)7-6-4-2-1-3-5-6/h2-6H,1H3;1-5,10H,(H,7,8,9). The molecule has 2 aromatic carbocycles. The summed E-state index contributed by atoms with van der Waals surface area (Å²) in [6.45, 7) is 2.08. The highest BCUT2D eigenvalue weighted by molar-refractivity contribution is 7.73. The van der Waals surface area contributed by atoms with Gasteiger partial charge in [-0.15, -0.1) is 0 Å². The van der Waals surface area contributed by atoms with E-state index in [4.69, 9.17) is 0 Å². The van der Waals surface area contributed by atoms with Crippen molar-refractivity contribution in [2.24, 2.45) is 0 Å². The molecule has 0 spiro atoms. The van der Waals surface area contributed by atoms with Gasteiger partial charge >= 0.3 is 0 Å². The molecule has 0 amide bonds. The molecule has 0 aliphatic carbocycles. The summed E-state index contributed by atoms with van der Waals surface area (Å²) in [7, 11) is -2.53. The molecule has 0 aromatic heterocycles. The molecule has 0 unspecified atom stereocenters. The number of aryl methyl sites for hydroxylation is 1. The number of anilines is 1. The summed E-state index contributed by atoms with van der Waals surface area (Å²) < 4.78 is 22.4. The Morgan fingerprint density at radius 1 is 0.824 bits per heavy atom. The van der Waals surface area contributed by atoms with E-state index in [1.54, 1.807) is 24.3 Å². The average Bonchev–Trinajstić information content (AvgIpc) is 2.31. The first-order valence-electron chi connectivity index (χ1n) is 5.16. The molecule has 0 radical (unpaired) electrons. The maximum absolute atomic E-state index is 10.1. The topological polar surface area (TPSA) is 46.2 Å². The van der Waals surface area contributed by atoms with Crippen molar-refractivity contribution in [1.29, 1.82) is 0 Å². The molecule has 0 fully saturated rings. The average molecular weight is 249 g/mol. The fourth-order valence-electron chi connectivity index (χ4n) is 1.15. The summed E-state index contributed by atoms with van der Waals surface area (Å²) in [6.07, 6.45) is 0. The highest BCUT2D eigenvalue weighted by Gasteiger charge is 1.85. The Morgan fingerprint density at radius 3 is 1.65 bits per heavy atom. The molecule has 0 heterocycles. The summed E-state index contributed by atoms with van der Waals surface area (Å²) in [5.41, 5.74) is 1.92. The van der Waals surface area contributed by atoms with Gasteiger partial charge in [-0.25, -0.2) is 8.42 Å². The molecule has 2 aromatic rings. The van der Waals surface area contributed by atoms with Crippen molar-refractivity contribution < 1.29 is 8.42 Å². The van der Waals surface area contributed by atoms with Gasteiger partial charge < -0.3 is 0 Å². The van der Waals surface area contributed by atoms with Crippen LogP contribution in [0.2, 0.25) is 0 Å². The first kappa shape index (κ1) is 13.3. The van der Waals surface area contributed by atoms with Gasteiger partial charge in [0.15, 0.2) is 0 Å². The quantitative estimate of drug-likeness (QED) is 0.804. The molecular weight excluding hydrogens is 234 g/mol. The number of hydrogen-bond acceptors (Lipinski definition) is 2. The van der Waals surface area contributed by atoms with Crippen LogP contribution in [-0.4, -0.2) is 8.42 Å². The lowest BCUT2D eigenvalue weighted by molar-refractivity contribution is 0.619. The Balaban J connectivity index is 0.000000181. The number of benzene rings is 2. The summed E-state index contributed by atoms with van der Waals surface area (Å²) >= 11 is 0. The van der Waals surface area contributed by atoms with Crippen LogP contribution in [0.4, 0.5) is 5.69 Å². The van der Waals surface area contributed by atoms with E-state index in [2.05, 4.69) is 23.8 Å². The monoisotopic (exact) mass is 249 g/mol. The minimum absolute atomic E-state index is 0.596. The number of nitrogens with one attached hydrogen (secondary N) is 1. The van der Waals surface area contributed by atoms with Gasteiger partial charge in [-0.1, -0.05) is 54.1 Å². The van der Waals surface area contributed by atoms with Crippen LogP contribution in [0.25, 0.3) is 0 Å². The van der Waals surface area contributed by atoms with E-state index in [9.17, 15) is 8.42 Å². The van der Waals surface area contributed by atoms with Crippen molar-refractivity contribution in [3.8, 4) is 0 Å². The van der Waals surface area contributed by atoms with Gasteiger partial charge in [-0.05, 0) is 19.1 Å². The van der Waals surface area contributed by atoms with E-state index in [1.807, 2.05) is 24.3 Å². The molecule has 0 bridgehead atoms. The Morgan fingerprint density at radius 2 is 1.29 bits per heavy atom. The molecule has 0 saturated heterocycles. The van der Waals surface area contributed by atoms with Gasteiger partial charge in [-0.2, -0.15) is 0 Å². The fraction of sp³-hybridized carbons (Fsp3) is 0.0769. The van der Waals surface area contributed by atoms with E-state index in [0.717, 1.165) is 0 Å². The maximum atomic E-state index is 10.1. The molecule has 0 atom stereocenters. The summed E-state index contributed by atoms with van der Waals surface area (Å²) in [6, 6.07) is 19.0. The zero-order chi connectivity index (χ0) is 12.5. The normalized spacial score (nSPS) is 9.29. The second-order valence-corrected chi connectivity index (χ2v) is 4.13. The minimum Gasteiger partial charge on any atom is -0.286 e. The van der Waals surface area contributed by atoms with Crippen molar-refractivity contribution in [2.45, 2.75) is 6.92 Å². The summed E-state index contributed by atoms with van der Waals surface area (Å²) in [5, 5.41) is 0. The van der Waals surface area contributed by atoms with Crippen LogP contribution in [0.1, 0.15) is 5.56 Å². The Bertz CT molecular complexity index is 487. The van der Waals surface area contributed by atoms with Crippen LogP contribution in [0.5, 0.6) is 0 Å².